The summed E-state index contributed by atoms with van der Waals surface area (Å²) in [5, 5.41) is 0. The molecule has 1 fully saturated rings. The second kappa shape index (κ2) is 6.61. The van der Waals surface area contributed by atoms with Crippen molar-refractivity contribution in [3.8, 4) is 0 Å². The van der Waals surface area contributed by atoms with Crippen molar-refractivity contribution in [3.05, 3.63) is 10.6 Å². The first-order valence-electron chi connectivity index (χ1n) is 5.31. The molecule has 13 heavy (non-hydrogen) atoms. The van der Waals surface area contributed by atoms with E-state index in [0.29, 0.717) is 6.10 Å². The van der Waals surface area contributed by atoms with Gasteiger partial charge in [0.15, 0.2) is 0 Å². The van der Waals surface area contributed by atoms with Crippen molar-refractivity contribution < 1.29 is 4.74 Å². The maximum Gasteiger partial charge on any atom is 0.0887 e. The number of halogens is 1. The zero-order valence-corrected chi connectivity index (χ0v) is 9.98. The molecule has 0 spiro atoms. The third kappa shape index (κ3) is 4.28. The lowest BCUT2D eigenvalue weighted by molar-refractivity contribution is 0.143. The molecule has 1 unspecified atom stereocenters. The molecule has 1 atom stereocenters. The molecule has 0 aromatic rings. The number of hydrogen-bond acceptors (Lipinski definition) is 1. The van der Waals surface area contributed by atoms with Crippen molar-refractivity contribution in [1.82, 2.24) is 0 Å². The summed E-state index contributed by atoms with van der Waals surface area (Å²) in [5.74, 6) is 0. The number of ether oxygens (including phenoxy) is 1. The molecule has 0 bridgehead atoms. The van der Waals surface area contributed by atoms with Crippen molar-refractivity contribution in [2.24, 2.45) is 0 Å². The lowest BCUT2D eigenvalue weighted by Crippen LogP contribution is -2.03. The Labute approximate surface area is 89.7 Å². The fraction of sp³-hybridized carbons (Fsp3) is 0.818. The van der Waals surface area contributed by atoms with Crippen molar-refractivity contribution in [2.45, 2.75) is 51.6 Å². The Morgan fingerprint density at radius 3 is 3.00 bits per heavy atom. The molecule has 0 N–H and O–H groups in total. The van der Waals surface area contributed by atoms with Crippen LogP contribution in [0, 0.1) is 0 Å². The van der Waals surface area contributed by atoms with Crippen LogP contribution in [0.25, 0.3) is 0 Å². The van der Waals surface area contributed by atoms with Gasteiger partial charge in [-0.2, -0.15) is 0 Å². The number of allylic oxidation sites excluding steroid dienone is 1. The van der Waals surface area contributed by atoms with Crippen LogP contribution in [0.15, 0.2) is 10.6 Å². The quantitative estimate of drug-likeness (QED) is 0.666. The summed E-state index contributed by atoms with van der Waals surface area (Å²) in [6, 6.07) is 0. The lowest BCUT2D eigenvalue weighted by Gasteiger charge is -2.07. The van der Waals surface area contributed by atoms with E-state index >= 15 is 0 Å². The van der Waals surface area contributed by atoms with Crippen molar-refractivity contribution in [3.63, 3.8) is 0 Å². The molecule has 76 valence electrons. The Morgan fingerprint density at radius 1 is 1.54 bits per heavy atom. The Balaban J connectivity index is 2.16. The zero-order valence-electron chi connectivity index (χ0n) is 8.39. The highest BCUT2D eigenvalue weighted by Crippen LogP contribution is 2.24. The van der Waals surface area contributed by atoms with E-state index in [1.165, 1.54) is 43.0 Å². The van der Waals surface area contributed by atoms with Crippen LogP contribution < -0.4 is 0 Å². The largest absolute Gasteiger partial charge is 0.373 e. The zero-order chi connectivity index (χ0) is 9.52. The fourth-order valence-corrected chi connectivity index (χ4v) is 2.15. The summed E-state index contributed by atoms with van der Waals surface area (Å²) in [6.07, 6.45) is 10.2. The van der Waals surface area contributed by atoms with E-state index in [9.17, 15) is 0 Å². The van der Waals surface area contributed by atoms with E-state index in [4.69, 9.17) is 4.74 Å². The molecule has 0 saturated carbocycles. The van der Waals surface area contributed by atoms with Gasteiger partial charge < -0.3 is 4.74 Å². The van der Waals surface area contributed by atoms with Crippen LogP contribution in [0.5, 0.6) is 0 Å². The molecule has 1 rings (SSSR count). The van der Waals surface area contributed by atoms with Crippen molar-refractivity contribution in [2.75, 3.05) is 6.61 Å². The summed E-state index contributed by atoms with van der Waals surface area (Å²) in [5.41, 5.74) is 0. The van der Waals surface area contributed by atoms with Crippen molar-refractivity contribution in [1.29, 1.82) is 0 Å². The molecular weight excluding hydrogens is 228 g/mol. The highest BCUT2D eigenvalue weighted by atomic mass is 79.9. The Bertz CT molecular complexity index is 159. The van der Waals surface area contributed by atoms with E-state index < -0.39 is 0 Å². The molecule has 0 aliphatic carbocycles. The highest BCUT2D eigenvalue weighted by Gasteiger charge is 2.17. The van der Waals surface area contributed by atoms with Gasteiger partial charge in [-0.1, -0.05) is 41.8 Å². The van der Waals surface area contributed by atoms with E-state index in [-0.39, 0.29) is 0 Å². The average Bonchev–Trinajstić information content (AvgIpc) is 2.65. The lowest BCUT2D eigenvalue weighted by atomic mass is 10.1. The summed E-state index contributed by atoms with van der Waals surface area (Å²) in [4.78, 5) is 0. The number of rotatable bonds is 5. The molecule has 1 saturated heterocycles. The standard InChI is InChI=1S/C11H19BrO/c1-2-3-4-5-7-10(12)11-8-6-9-13-11/h7,11H,2-6,8-9H2,1H3/b10-7-. The molecule has 0 radical (unpaired) electrons. The molecule has 0 amide bonds. The number of unbranched alkanes of at least 4 members (excludes halogenated alkanes) is 3. The van der Waals surface area contributed by atoms with Crippen molar-refractivity contribution >= 4 is 15.9 Å². The molecule has 1 nitrogen and oxygen atoms in total. The van der Waals surface area contributed by atoms with Gasteiger partial charge in [-0.3, -0.25) is 0 Å². The van der Waals surface area contributed by atoms with Gasteiger partial charge >= 0.3 is 0 Å². The second-order valence-electron chi connectivity index (χ2n) is 3.59. The topological polar surface area (TPSA) is 9.23 Å². The van der Waals surface area contributed by atoms with E-state index in [1.54, 1.807) is 0 Å². The van der Waals surface area contributed by atoms with Crippen LogP contribution in [0.1, 0.15) is 45.4 Å². The molecule has 2 heteroatoms. The summed E-state index contributed by atoms with van der Waals surface area (Å²) in [6.45, 7) is 3.17. The maximum absolute atomic E-state index is 5.56. The van der Waals surface area contributed by atoms with Crippen LogP contribution in [-0.2, 0) is 4.74 Å². The van der Waals surface area contributed by atoms with Crippen LogP contribution >= 0.6 is 15.9 Å². The fourth-order valence-electron chi connectivity index (χ4n) is 1.56. The normalized spacial score (nSPS) is 23.8. The van der Waals surface area contributed by atoms with Crippen LogP contribution in [-0.4, -0.2) is 12.7 Å². The average molecular weight is 247 g/mol. The van der Waals surface area contributed by atoms with Gasteiger partial charge in [0.05, 0.1) is 6.10 Å². The minimum Gasteiger partial charge on any atom is -0.373 e. The molecule has 1 heterocycles. The predicted octanol–water partition coefficient (Wildman–Crippen LogP) is 4.02. The van der Waals surface area contributed by atoms with Gasteiger partial charge in [0, 0.05) is 11.1 Å². The third-order valence-corrected chi connectivity index (χ3v) is 3.22. The van der Waals surface area contributed by atoms with Gasteiger partial charge in [-0.05, 0) is 25.7 Å². The van der Waals surface area contributed by atoms with Gasteiger partial charge in [-0.15, -0.1) is 0 Å². The molecule has 0 aromatic heterocycles. The Hall–Kier alpha value is 0.180. The first-order valence-corrected chi connectivity index (χ1v) is 6.11. The molecule has 1 aliphatic rings. The monoisotopic (exact) mass is 246 g/mol. The van der Waals surface area contributed by atoms with Gasteiger partial charge in [0.1, 0.15) is 0 Å². The minimum atomic E-state index is 0.363. The SMILES string of the molecule is CCCCC/C=C(\Br)C1CCCO1. The predicted molar refractivity (Wildman–Crippen MR) is 60.1 cm³/mol. The second-order valence-corrected chi connectivity index (χ2v) is 4.50. The molecule has 1 aliphatic heterocycles. The van der Waals surface area contributed by atoms with Crippen LogP contribution in [0.4, 0.5) is 0 Å². The van der Waals surface area contributed by atoms with E-state index in [1.807, 2.05) is 0 Å². The first kappa shape index (κ1) is 11.3. The van der Waals surface area contributed by atoms with Gasteiger partial charge in [0.2, 0.25) is 0 Å². The molecule has 0 aromatic carbocycles. The van der Waals surface area contributed by atoms with Crippen LogP contribution in [0.2, 0.25) is 0 Å². The van der Waals surface area contributed by atoms with Crippen LogP contribution in [0.3, 0.4) is 0 Å². The number of hydrogen-bond donors (Lipinski definition) is 0. The minimum absolute atomic E-state index is 0.363. The highest BCUT2D eigenvalue weighted by molar-refractivity contribution is 9.11. The third-order valence-electron chi connectivity index (χ3n) is 2.38. The Morgan fingerprint density at radius 2 is 2.38 bits per heavy atom. The summed E-state index contributed by atoms with van der Waals surface area (Å²) >= 11 is 3.59. The maximum atomic E-state index is 5.56. The Kier molecular flexibility index (Phi) is 5.72. The smallest absolute Gasteiger partial charge is 0.0887 e. The molecular formula is C11H19BrO. The summed E-state index contributed by atoms with van der Waals surface area (Å²) < 4.78 is 6.82. The summed E-state index contributed by atoms with van der Waals surface area (Å²) in [7, 11) is 0. The van der Waals surface area contributed by atoms with E-state index in [0.717, 1.165) is 6.61 Å². The first-order chi connectivity index (χ1) is 6.34. The van der Waals surface area contributed by atoms with Gasteiger partial charge in [-0.25, -0.2) is 0 Å². The van der Waals surface area contributed by atoms with E-state index in [2.05, 4.69) is 28.9 Å². The van der Waals surface area contributed by atoms with Gasteiger partial charge in [0.25, 0.3) is 0 Å².